The molecule has 4 atom stereocenters. The molecule has 3 aromatic rings. The Hall–Kier alpha value is -4.50. The quantitative estimate of drug-likeness (QED) is 0.205. The van der Waals surface area contributed by atoms with Crippen LogP contribution >= 0.6 is 0 Å². The van der Waals surface area contributed by atoms with Gasteiger partial charge in [-0.2, -0.15) is 0 Å². The van der Waals surface area contributed by atoms with Gasteiger partial charge in [-0.15, -0.1) is 0 Å². The lowest BCUT2D eigenvalue weighted by Gasteiger charge is -2.27. The Morgan fingerprint density at radius 3 is 1.46 bits per heavy atom. The number of carboxylic acids is 1. The Morgan fingerprint density at radius 1 is 0.610 bits per heavy atom. The van der Waals surface area contributed by atoms with Crippen LogP contribution in [0.2, 0.25) is 0 Å². The minimum atomic E-state index is -1.18. The average molecular weight is 559 g/mol. The molecule has 3 aromatic carbocycles. The SMILES string of the molecule is CC(C)C(NC(=O)C(Cc1ccccc1)NC(=O)C(N)Cc1ccccc1)C(=O)NC(Cc1ccccc1)C(=O)O. The number of hydrogen-bond acceptors (Lipinski definition) is 5. The predicted molar refractivity (Wildman–Crippen MR) is 157 cm³/mol. The van der Waals surface area contributed by atoms with Gasteiger partial charge in [-0.1, -0.05) is 105 Å². The van der Waals surface area contributed by atoms with Crippen LogP contribution in [-0.2, 0) is 38.4 Å². The Labute approximate surface area is 240 Å². The first-order valence-electron chi connectivity index (χ1n) is 13.6. The maximum atomic E-state index is 13.5. The average Bonchev–Trinajstić information content (AvgIpc) is 2.96. The number of rotatable bonds is 14. The van der Waals surface area contributed by atoms with Gasteiger partial charge in [0.25, 0.3) is 0 Å². The molecule has 0 saturated carbocycles. The van der Waals surface area contributed by atoms with Crippen LogP contribution in [0.25, 0.3) is 0 Å². The molecule has 3 rings (SSSR count). The van der Waals surface area contributed by atoms with Crippen molar-refractivity contribution < 1.29 is 24.3 Å². The van der Waals surface area contributed by atoms with Gasteiger partial charge in [0.15, 0.2) is 0 Å². The second kappa shape index (κ2) is 15.3. The topological polar surface area (TPSA) is 151 Å². The van der Waals surface area contributed by atoms with E-state index in [2.05, 4.69) is 16.0 Å². The van der Waals surface area contributed by atoms with Gasteiger partial charge in [-0.05, 0) is 29.0 Å². The van der Waals surface area contributed by atoms with E-state index in [1.54, 1.807) is 38.1 Å². The Morgan fingerprint density at radius 2 is 1.02 bits per heavy atom. The summed E-state index contributed by atoms with van der Waals surface area (Å²) in [6.45, 7) is 3.50. The van der Waals surface area contributed by atoms with Crippen molar-refractivity contribution in [3.63, 3.8) is 0 Å². The fourth-order valence-electron chi connectivity index (χ4n) is 4.40. The van der Waals surface area contributed by atoms with Gasteiger partial charge in [-0.3, -0.25) is 14.4 Å². The van der Waals surface area contributed by atoms with E-state index in [4.69, 9.17) is 5.73 Å². The lowest BCUT2D eigenvalue weighted by Crippen LogP contribution is -2.59. The molecule has 0 radical (unpaired) electrons. The molecule has 6 N–H and O–H groups in total. The minimum Gasteiger partial charge on any atom is -0.480 e. The van der Waals surface area contributed by atoms with E-state index in [0.717, 1.165) is 16.7 Å². The molecule has 41 heavy (non-hydrogen) atoms. The van der Waals surface area contributed by atoms with Crippen LogP contribution < -0.4 is 21.7 Å². The third-order valence-corrected chi connectivity index (χ3v) is 6.69. The van der Waals surface area contributed by atoms with Gasteiger partial charge in [0.05, 0.1) is 6.04 Å². The molecule has 0 aliphatic heterocycles. The van der Waals surface area contributed by atoms with Crippen molar-refractivity contribution in [1.82, 2.24) is 16.0 Å². The van der Waals surface area contributed by atoms with Gasteiger partial charge in [0.2, 0.25) is 17.7 Å². The van der Waals surface area contributed by atoms with Crippen molar-refractivity contribution in [3.8, 4) is 0 Å². The highest BCUT2D eigenvalue weighted by Gasteiger charge is 2.32. The molecule has 0 heterocycles. The van der Waals surface area contributed by atoms with Gasteiger partial charge < -0.3 is 26.8 Å². The third kappa shape index (κ3) is 9.88. The normalized spacial score (nSPS) is 13.9. The maximum absolute atomic E-state index is 13.5. The van der Waals surface area contributed by atoms with Crippen LogP contribution in [0.15, 0.2) is 91.0 Å². The van der Waals surface area contributed by atoms with Crippen molar-refractivity contribution in [3.05, 3.63) is 108 Å². The van der Waals surface area contributed by atoms with E-state index >= 15 is 0 Å². The molecule has 4 unspecified atom stereocenters. The lowest BCUT2D eigenvalue weighted by molar-refractivity contribution is -0.142. The third-order valence-electron chi connectivity index (χ3n) is 6.69. The lowest BCUT2D eigenvalue weighted by atomic mass is 9.99. The summed E-state index contributed by atoms with van der Waals surface area (Å²) < 4.78 is 0. The van der Waals surface area contributed by atoms with E-state index in [0.29, 0.717) is 6.42 Å². The summed E-state index contributed by atoms with van der Waals surface area (Å²) in [4.78, 5) is 51.7. The van der Waals surface area contributed by atoms with E-state index in [1.165, 1.54) is 0 Å². The van der Waals surface area contributed by atoms with Gasteiger partial charge in [0.1, 0.15) is 18.1 Å². The van der Waals surface area contributed by atoms with Gasteiger partial charge in [-0.25, -0.2) is 4.79 Å². The summed E-state index contributed by atoms with van der Waals surface area (Å²) in [7, 11) is 0. The molecule has 9 nitrogen and oxygen atoms in total. The van der Waals surface area contributed by atoms with Crippen molar-refractivity contribution in [1.29, 1.82) is 0 Å². The summed E-state index contributed by atoms with van der Waals surface area (Å²) in [5, 5.41) is 17.8. The van der Waals surface area contributed by atoms with Gasteiger partial charge in [0, 0.05) is 12.8 Å². The van der Waals surface area contributed by atoms with E-state index in [9.17, 15) is 24.3 Å². The standard InChI is InChI=1S/C32H38N4O5/c1-21(2)28(31(39)35-27(32(40)41)20-24-16-10-5-11-17-24)36-30(38)26(19-23-14-8-4-9-15-23)34-29(37)25(33)18-22-12-6-3-7-13-22/h3-17,21,25-28H,18-20,33H2,1-2H3,(H,34,37)(H,35,39)(H,36,38)(H,40,41). The molecule has 0 spiro atoms. The molecule has 0 aromatic heterocycles. The number of carbonyl (C=O) groups is 4. The molecule has 0 bridgehead atoms. The number of carbonyl (C=O) groups excluding carboxylic acids is 3. The molecule has 216 valence electrons. The first-order valence-corrected chi connectivity index (χ1v) is 13.6. The van der Waals surface area contributed by atoms with E-state index < -0.39 is 47.9 Å². The highest BCUT2D eigenvalue weighted by Crippen LogP contribution is 2.10. The number of nitrogens with two attached hydrogens (primary N) is 1. The highest BCUT2D eigenvalue weighted by atomic mass is 16.4. The van der Waals surface area contributed by atoms with Crippen molar-refractivity contribution >= 4 is 23.7 Å². The second-order valence-corrected chi connectivity index (χ2v) is 10.4. The summed E-state index contributed by atoms with van der Waals surface area (Å²) in [6.07, 6.45) is 0.558. The van der Waals surface area contributed by atoms with Crippen molar-refractivity contribution in [2.24, 2.45) is 11.7 Å². The van der Waals surface area contributed by atoms with Crippen LogP contribution in [-0.4, -0.2) is 53.0 Å². The van der Waals surface area contributed by atoms with Gasteiger partial charge >= 0.3 is 5.97 Å². The fourth-order valence-corrected chi connectivity index (χ4v) is 4.40. The molecule has 0 fully saturated rings. The van der Waals surface area contributed by atoms with Crippen LogP contribution in [0.3, 0.4) is 0 Å². The minimum absolute atomic E-state index is 0.0899. The molecule has 0 saturated heterocycles. The zero-order chi connectivity index (χ0) is 29.8. The number of carboxylic acid groups (broad SMARTS) is 1. The molecular weight excluding hydrogens is 520 g/mol. The number of aliphatic carboxylic acids is 1. The monoisotopic (exact) mass is 558 g/mol. The van der Waals surface area contributed by atoms with Crippen LogP contribution in [0.4, 0.5) is 0 Å². The van der Waals surface area contributed by atoms with Crippen LogP contribution in [0.5, 0.6) is 0 Å². The molecule has 0 aliphatic rings. The van der Waals surface area contributed by atoms with E-state index in [-0.39, 0.29) is 18.8 Å². The Kier molecular flexibility index (Phi) is 11.6. The van der Waals surface area contributed by atoms with Crippen LogP contribution in [0, 0.1) is 5.92 Å². The Balaban J connectivity index is 1.73. The maximum Gasteiger partial charge on any atom is 0.326 e. The van der Waals surface area contributed by atoms with Crippen LogP contribution in [0.1, 0.15) is 30.5 Å². The molecular formula is C32H38N4O5. The first-order chi connectivity index (χ1) is 19.6. The Bertz CT molecular complexity index is 1290. The summed E-state index contributed by atoms with van der Waals surface area (Å²) in [6, 6.07) is 23.4. The number of benzene rings is 3. The number of hydrogen-bond donors (Lipinski definition) is 5. The van der Waals surface area contributed by atoms with Crippen molar-refractivity contribution in [2.45, 2.75) is 57.3 Å². The zero-order valence-electron chi connectivity index (χ0n) is 23.3. The smallest absolute Gasteiger partial charge is 0.326 e. The molecule has 9 heteroatoms. The first kappa shape index (κ1) is 31.0. The second-order valence-electron chi connectivity index (χ2n) is 10.4. The van der Waals surface area contributed by atoms with E-state index in [1.807, 2.05) is 66.7 Å². The summed E-state index contributed by atoms with van der Waals surface area (Å²) >= 11 is 0. The largest absolute Gasteiger partial charge is 0.480 e. The molecule has 0 aliphatic carbocycles. The van der Waals surface area contributed by atoms with Crippen molar-refractivity contribution in [2.75, 3.05) is 0 Å². The zero-order valence-corrected chi connectivity index (χ0v) is 23.3. The summed E-state index contributed by atoms with van der Waals surface area (Å²) in [5.74, 6) is -3.24. The fraction of sp³-hybridized carbons (Fsp3) is 0.312. The molecule has 3 amide bonds. The summed E-state index contributed by atoms with van der Waals surface area (Å²) in [5.41, 5.74) is 8.62. The number of nitrogens with one attached hydrogen (secondary N) is 3. The highest BCUT2D eigenvalue weighted by molar-refractivity contribution is 5.94. The number of amides is 3. The predicted octanol–water partition coefficient (Wildman–Crippen LogP) is 2.24.